The Morgan fingerprint density at radius 2 is 1.88 bits per heavy atom. The van der Waals surface area contributed by atoms with Crippen LogP contribution in [0.1, 0.15) is 73.8 Å². The Hall–Kier alpha value is -3.57. The molecule has 4 aromatic rings. The Labute approximate surface area is 242 Å². The molecule has 3 atom stereocenters. The summed E-state index contributed by atoms with van der Waals surface area (Å²) < 4.78 is 44.6. The van der Waals surface area contributed by atoms with Gasteiger partial charge in [0.25, 0.3) is 5.91 Å². The molecule has 1 unspecified atom stereocenters. The minimum absolute atomic E-state index is 0.00638. The van der Waals surface area contributed by atoms with E-state index >= 15 is 0 Å². The van der Waals surface area contributed by atoms with Gasteiger partial charge in [-0.25, -0.2) is 15.0 Å². The van der Waals surface area contributed by atoms with Crippen molar-refractivity contribution >= 4 is 25.5 Å². The van der Waals surface area contributed by atoms with Gasteiger partial charge in [0.1, 0.15) is 17.2 Å². The molecule has 2 aromatic carbocycles. The van der Waals surface area contributed by atoms with Crippen molar-refractivity contribution in [1.82, 2.24) is 24.4 Å². The van der Waals surface area contributed by atoms with Gasteiger partial charge in [0, 0.05) is 42.0 Å². The second kappa shape index (κ2) is 10.9. The zero-order valence-corrected chi connectivity index (χ0v) is 24.4. The van der Waals surface area contributed by atoms with Crippen molar-refractivity contribution in [3.63, 3.8) is 0 Å². The summed E-state index contributed by atoms with van der Waals surface area (Å²) in [5, 5.41) is 0. The van der Waals surface area contributed by atoms with Gasteiger partial charge >= 0.3 is 15.2 Å². The van der Waals surface area contributed by atoms with Crippen LogP contribution in [0.5, 0.6) is 5.75 Å². The fraction of sp³-hybridized carbons (Fsp3) is 0.379. The Bertz CT molecular complexity index is 1650. The molecule has 10 nitrogen and oxygen atoms in total. The van der Waals surface area contributed by atoms with Crippen molar-refractivity contribution < 1.29 is 32.3 Å². The number of imidazole rings is 1. The molecule has 0 spiro atoms. The molecule has 1 amide bonds. The fourth-order valence-corrected chi connectivity index (χ4v) is 6.63. The third-order valence-corrected chi connectivity index (χ3v) is 8.76. The van der Waals surface area contributed by atoms with E-state index in [4.69, 9.17) is 18.8 Å². The SMILES string of the molecule is CCOP(O)OC(C)(C)c1ncc(-c2ccc3nc4n(c3c2)[C@@H]2C[C@H]4N(CC)C(=O)c3cccc(OC(F)F)c32)cn1. The molecular weight excluding hydrogens is 567 g/mol. The first-order valence-corrected chi connectivity index (χ1v) is 14.8. The summed E-state index contributed by atoms with van der Waals surface area (Å²) in [6.45, 7) is 4.90. The molecule has 2 bridgehead atoms. The summed E-state index contributed by atoms with van der Waals surface area (Å²) in [5.41, 5.74) is 2.92. The molecule has 42 heavy (non-hydrogen) atoms. The van der Waals surface area contributed by atoms with Crippen LogP contribution in [0, 0.1) is 0 Å². The van der Waals surface area contributed by atoms with Gasteiger partial charge in [-0.05, 0) is 57.5 Å². The number of halogens is 2. The third kappa shape index (κ3) is 4.82. The lowest BCUT2D eigenvalue weighted by Gasteiger charge is -2.27. The van der Waals surface area contributed by atoms with Crippen LogP contribution in [0.4, 0.5) is 8.78 Å². The second-order valence-electron chi connectivity index (χ2n) is 10.6. The van der Waals surface area contributed by atoms with Crippen molar-refractivity contribution in [2.24, 2.45) is 0 Å². The van der Waals surface area contributed by atoms with Gasteiger partial charge in [-0.3, -0.25) is 9.32 Å². The Morgan fingerprint density at radius 1 is 1.12 bits per heavy atom. The first-order chi connectivity index (χ1) is 20.1. The molecule has 6 rings (SSSR count). The van der Waals surface area contributed by atoms with E-state index in [0.29, 0.717) is 42.3 Å². The molecular formula is C29H30F2N5O5P. The molecule has 2 aliphatic heterocycles. The highest BCUT2D eigenvalue weighted by atomic mass is 31.2. The van der Waals surface area contributed by atoms with Gasteiger partial charge < -0.3 is 23.6 Å². The number of hydrogen-bond donors (Lipinski definition) is 1. The molecule has 0 saturated heterocycles. The average Bonchev–Trinajstić information content (AvgIpc) is 3.46. The number of nitrogens with zero attached hydrogens (tertiary/aromatic N) is 5. The topological polar surface area (TPSA) is 112 Å². The first kappa shape index (κ1) is 28.5. The zero-order valence-electron chi connectivity index (χ0n) is 23.5. The molecule has 0 aliphatic carbocycles. The highest BCUT2D eigenvalue weighted by Gasteiger charge is 2.45. The van der Waals surface area contributed by atoms with Gasteiger partial charge in [-0.1, -0.05) is 12.1 Å². The summed E-state index contributed by atoms with van der Waals surface area (Å²) in [4.78, 5) is 39.2. The van der Waals surface area contributed by atoms with Crippen LogP contribution in [-0.2, 0) is 14.6 Å². The molecule has 13 heteroatoms. The number of rotatable bonds is 9. The number of carbonyl (C=O) groups is 1. The number of aromatic nitrogens is 4. The average molecular weight is 598 g/mol. The van der Waals surface area contributed by atoms with Crippen molar-refractivity contribution in [3.05, 3.63) is 71.6 Å². The van der Waals surface area contributed by atoms with Crippen LogP contribution >= 0.6 is 8.60 Å². The minimum atomic E-state index is -3.03. The van der Waals surface area contributed by atoms with E-state index in [9.17, 15) is 18.5 Å². The number of carbonyl (C=O) groups excluding carboxylic acids is 1. The number of hydrogen-bond acceptors (Lipinski definition) is 8. The lowest BCUT2D eigenvalue weighted by Crippen LogP contribution is -2.34. The van der Waals surface area contributed by atoms with Crippen LogP contribution in [0.2, 0.25) is 0 Å². The minimum Gasteiger partial charge on any atom is -0.434 e. The quantitative estimate of drug-likeness (QED) is 0.230. The molecule has 2 aromatic heterocycles. The molecule has 0 fully saturated rings. The number of fused-ring (bicyclic) bond motifs is 9. The van der Waals surface area contributed by atoms with Gasteiger partial charge in [0.2, 0.25) is 0 Å². The first-order valence-electron chi connectivity index (χ1n) is 13.7. The molecule has 0 saturated carbocycles. The molecule has 0 radical (unpaired) electrons. The highest BCUT2D eigenvalue weighted by molar-refractivity contribution is 7.40. The largest absolute Gasteiger partial charge is 0.434 e. The van der Waals surface area contributed by atoms with Crippen molar-refractivity contribution in [1.29, 1.82) is 0 Å². The summed E-state index contributed by atoms with van der Waals surface area (Å²) in [5.74, 6) is 0.863. The van der Waals surface area contributed by atoms with Crippen LogP contribution in [-0.4, -0.2) is 55.0 Å². The predicted octanol–water partition coefficient (Wildman–Crippen LogP) is 6.11. The van der Waals surface area contributed by atoms with Crippen molar-refractivity contribution in [2.75, 3.05) is 13.2 Å². The summed E-state index contributed by atoms with van der Waals surface area (Å²) in [7, 11) is -2.07. The van der Waals surface area contributed by atoms with Crippen LogP contribution in [0.15, 0.2) is 48.8 Å². The van der Waals surface area contributed by atoms with Gasteiger partial charge in [0.05, 0.1) is 29.7 Å². The van der Waals surface area contributed by atoms with Crippen LogP contribution in [0.3, 0.4) is 0 Å². The number of benzene rings is 2. The number of amides is 1. The van der Waals surface area contributed by atoms with Gasteiger partial charge in [-0.15, -0.1) is 0 Å². The van der Waals surface area contributed by atoms with Crippen LogP contribution < -0.4 is 4.74 Å². The summed E-state index contributed by atoms with van der Waals surface area (Å²) >= 11 is 0. The zero-order chi connectivity index (χ0) is 29.8. The predicted molar refractivity (Wildman–Crippen MR) is 151 cm³/mol. The molecule has 2 aliphatic rings. The van der Waals surface area contributed by atoms with E-state index in [1.54, 1.807) is 50.2 Å². The van der Waals surface area contributed by atoms with E-state index in [1.807, 2.05) is 29.7 Å². The normalized spacial score (nSPS) is 18.8. The maximum atomic E-state index is 13.6. The monoisotopic (exact) mass is 597 g/mol. The maximum absolute atomic E-state index is 13.6. The standard InChI is InChI=1S/C29H30F2N5O5P/c1-5-35-22-13-21(24-18(26(35)37)8-7-9-23(24)40-28(30)31)36-20-12-16(10-11-19(20)34-25(22)36)17-14-32-27(33-15-17)29(3,4)41-42(38)39-6-2/h7-12,14-15,21-22,28,38H,5-6,13H2,1-4H3/t21-,22-,42?/m1/s1. The molecule has 220 valence electrons. The highest BCUT2D eigenvalue weighted by Crippen LogP contribution is 2.50. The van der Waals surface area contributed by atoms with E-state index < -0.39 is 26.9 Å². The van der Waals surface area contributed by atoms with E-state index in [1.165, 1.54) is 6.07 Å². The van der Waals surface area contributed by atoms with Crippen molar-refractivity contribution in [2.45, 2.75) is 58.4 Å². The lowest BCUT2D eigenvalue weighted by atomic mass is 9.97. The smallest absolute Gasteiger partial charge is 0.387 e. The fourth-order valence-electron chi connectivity index (χ4n) is 5.88. The van der Waals surface area contributed by atoms with Gasteiger partial charge in [-0.2, -0.15) is 8.78 Å². The lowest BCUT2D eigenvalue weighted by molar-refractivity contribution is -0.0507. The molecule has 1 N–H and O–H groups in total. The van der Waals surface area contributed by atoms with Crippen molar-refractivity contribution in [3.8, 4) is 16.9 Å². The van der Waals surface area contributed by atoms with E-state index in [-0.39, 0.29) is 17.7 Å². The third-order valence-electron chi connectivity index (χ3n) is 7.67. The van der Waals surface area contributed by atoms with E-state index in [0.717, 1.165) is 22.2 Å². The Balaban J connectivity index is 1.42. The Morgan fingerprint density at radius 3 is 2.57 bits per heavy atom. The number of ether oxygens (including phenoxy) is 1. The maximum Gasteiger partial charge on any atom is 0.387 e. The van der Waals surface area contributed by atoms with Crippen LogP contribution in [0.25, 0.3) is 22.2 Å². The second-order valence-corrected chi connectivity index (χ2v) is 11.5. The van der Waals surface area contributed by atoms with Gasteiger partial charge in [0.15, 0.2) is 5.82 Å². The number of alkyl halides is 2. The summed E-state index contributed by atoms with van der Waals surface area (Å²) in [6.07, 6.45) is 3.86. The molecule has 4 heterocycles. The summed E-state index contributed by atoms with van der Waals surface area (Å²) in [6, 6.07) is 9.77. The van der Waals surface area contributed by atoms with E-state index in [2.05, 4.69) is 9.97 Å². The Kier molecular flexibility index (Phi) is 7.43.